The standard InChI is InChI=1S/C24H28N8O3/c1-7-21(33)27-17-11-18(20(35-6)12-19(17)31(4)9-8-30(2)3)28-24-26-14-16-10-15(13-25)23(34)32(5)22(16)29-24/h7,10-12,14H,1,8-9H2,2-6H3,(H,27,33)(H,26,28,29). The minimum Gasteiger partial charge on any atom is -0.494 e. The van der Waals surface area contributed by atoms with Crippen LogP contribution in [0.2, 0.25) is 0 Å². The van der Waals surface area contributed by atoms with Gasteiger partial charge in [0, 0.05) is 44.8 Å². The summed E-state index contributed by atoms with van der Waals surface area (Å²) in [4.78, 5) is 37.3. The number of methoxy groups -OCH3 is 1. The van der Waals surface area contributed by atoms with Crippen molar-refractivity contribution in [3.05, 3.63) is 53.0 Å². The van der Waals surface area contributed by atoms with E-state index >= 15 is 0 Å². The van der Waals surface area contributed by atoms with E-state index < -0.39 is 5.56 Å². The number of aryl methyl sites for hydroxylation is 1. The third-order valence-electron chi connectivity index (χ3n) is 5.37. The summed E-state index contributed by atoms with van der Waals surface area (Å²) in [6.07, 6.45) is 2.73. The van der Waals surface area contributed by atoms with Gasteiger partial charge in [0.2, 0.25) is 11.9 Å². The van der Waals surface area contributed by atoms with Crippen LogP contribution in [0, 0.1) is 11.3 Å². The van der Waals surface area contributed by atoms with Crippen LogP contribution in [0.4, 0.5) is 23.0 Å². The minimum atomic E-state index is -0.443. The van der Waals surface area contributed by atoms with Crippen LogP contribution in [0.3, 0.4) is 0 Å². The number of ether oxygens (including phenoxy) is 1. The van der Waals surface area contributed by atoms with E-state index in [0.29, 0.717) is 34.7 Å². The van der Waals surface area contributed by atoms with Crippen LogP contribution in [-0.2, 0) is 11.8 Å². The Kier molecular flexibility index (Phi) is 7.68. The molecule has 2 N–H and O–H groups in total. The molecule has 0 bridgehead atoms. The smallest absolute Gasteiger partial charge is 0.269 e. The second kappa shape index (κ2) is 10.7. The van der Waals surface area contributed by atoms with Gasteiger partial charge >= 0.3 is 0 Å². The van der Waals surface area contributed by atoms with Crippen molar-refractivity contribution in [2.75, 3.05) is 56.9 Å². The minimum absolute atomic E-state index is 0.0163. The van der Waals surface area contributed by atoms with Crippen molar-refractivity contribution < 1.29 is 9.53 Å². The van der Waals surface area contributed by atoms with Crippen LogP contribution in [0.1, 0.15) is 5.56 Å². The van der Waals surface area contributed by atoms with Crippen molar-refractivity contribution in [1.29, 1.82) is 5.26 Å². The first-order chi connectivity index (χ1) is 16.7. The van der Waals surface area contributed by atoms with Gasteiger partial charge in [0.15, 0.2) is 0 Å². The van der Waals surface area contributed by atoms with Gasteiger partial charge in [-0.2, -0.15) is 10.2 Å². The number of amides is 1. The molecule has 0 atom stereocenters. The number of nitrogens with one attached hydrogen (secondary N) is 2. The lowest BCUT2D eigenvalue weighted by Gasteiger charge is -2.26. The van der Waals surface area contributed by atoms with Gasteiger partial charge in [0.25, 0.3) is 5.56 Å². The van der Waals surface area contributed by atoms with E-state index in [1.54, 1.807) is 20.2 Å². The number of hydrogen-bond acceptors (Lipinski definition) is 9. The van der Waals surface area contributed by atoms with E-state index in [4.69, 9.17) is 10.00 Å². The van der Waals surface area contributed by atoms with Crippen LogP contribution < -0.4 is 25.8 Å². The summed E-state index contributed by atoms with van der Waals surface area (Å²) in [5.74, 6) is 0.365. The molecular weight excluding hydrogens is 448 g/mol. The van der Waals surface area contributed by atoms with Gasteiger partial charge in [-0.1, -0.05) is 6.58 Å². The van der Waals surface area contributed by atoms with Gasteiger partial charge in [-0.25, -0.2) is 4.98 Å². The lowest BCUT2D eigenvalue weighted by molar-refractivity contribution is -0.111. The zero-order valence-electron chi connectivity index (χ0n) is 20.4. The molecule has 11 nitrogen and oxygen atoms in total. The number of nitrogens with zero attached hydrogens (tertiary/aromatic N) is 6. The van der Waals surface area contributed by atoms with Gasteiger partial charge in [-0.05, 0) is 32.3 Å². The number of benzene rings is 1. The van der Waals surface area contributed by atoms with E-state index in [1.807, 2.05) is 38.2 Å². The first-order valence-electron chi connectivity index (χ1n) is 10.7. The molecule has 1 aromatic carbocycles. The molecule has 3 rings (SSSR count). The molecule has 0 fully saturated rings. The highest BCUT2D eigenvalue weighted by atomic mass is 16.5. The van der Waals surface area contributed by atoms with E-state index in [9.17, 15) is 9.59 Å². The first kappa shape index (κ1) is 25.2. The maximum absolute atomic E-state index is 12.3. The lowest BCUT2D eigenvalue weighted by atomic mass is 10.2. The van der Waals surface area contributed by atoms with E-state index in [2.05, 4.69) is 32.1 Å². The number of hydrogen-bond donors (Lipinski definition) is 2. The molecule has 3 aromatic rings. The number of fused-ring (bicyclic) bond motifs is 1. The largest absolute Gasteiger partial charge is 0.494 e. The quantitative estimate of drug-likeness (QED) is 0.446. The third kappa shape index (κ3) is 5.56. The SMILES string of the molecule is C=CC(=O)Nc1cc(Nc2ncc3cc(C#N)c(=O)n(C)c3n2)c(OC)cc1N(C)CCN(C)C. The summed E-state index contributed by atoms with van der Waals surface area (Å²) in [6.45, 7) is 5.06. The van der Waals surface area contributed by atoms with Crippen molar-refractivity contribution in [3.63, 3.8) is 0 Å². The van der Waals surface area contributed by atoms with E-state index in [-0.39, 0.29) is 17.4 Å². The Hall–Kier alpha value is -4.43. The molecule has 35 heavy (non-hydrogen) atoms. The highest BCUT2D eigenvalue weighted by Gasteiger charge is 2.17. The number of anilines is 4. The number of pyridine rings is 1. The zero-order chi connectivity index (χ0) is 25.7. The van der Waals surface area contributed by atoms with Gasteiger partial charge in [0.1, 0.15) is 23.0 Å². The molecule has 2 heterocycles. The number of nitriles is 1. The summed E-state index contributed by atoms with van der Waals surface area (Å²) in [5, 5.41) is 15.7. The van der Waals surface area contributed by atoms with Gasteiger partial charge < -0.3 is 25.2 Å². The Labute approximate surface area is 203 Å². The van der Waals surface area contributed by atoms with E-state index in [1.165, 1.54) is 22.9 Å². The van der Waals surface area contributed by atoms with Gasteiger partial charge in [-0.15, -0.1) is 0 Å². The molecule has 11 heteroatoms. The molecule has 182 valence electrons. The second-order valence-corrected chi connectivity index (χ2v) is 8.12. The molecule has 2 aromatic heterocycles. The predicted octanol–water partition coefficient (Wildman–Crippen LogP) is 2.07. The second-order valence-electron chi connectivity index (χ2n) is 8.12. The maximum Gasteiger partial charge on any atom is 0.269 e. The predicted molar refractivity (Wildman–Crippen MR) is 136 cm³/mol. The Balaban J connectivity index is 2.06. The topological polar surface area (TPSA) is 128 Å². The number of rotatable bonds is 9. The number of likely N-dealkylation sites (N-methyl/N-ethyl adjacent to an activating group) is 2. The molecule has 0 spiro atoms. The molecular formula is C24H28N8O3. The fourth-order valence-corrected chi connectivity index (χ4v) is 3.41. The monoisotopic (exact) mass is 476 g/mol. The molecule has 0 aliphatic heterocycles. The van der Waals surface area contributed by atoms with Crippen LogP contribution >= 0.6 is 0 Å². The number of carbonyl (C=O) groups excluding carboxylic acids is 1. The third-order valence-corrected chi connectivity index (χ3v) is 5.37. The fraction of sp³-hybridized carbons (Fsp3) is 0.292. The molecule has 0 saturated carbocycles. The van der Waals surface area contributed by atoms with Crippen molar-refractivity contribution in [3.8, 4) is 11.8 Å². The average Bonchev–Trinajstić information content (AvgIpc) is 2.85. The zero-order valence-corrected chi connectivity index (χ0v) is 20.4. The Bertz CT molecular complexity index is 1370. The molecule has 0 aliphatic carbocycles. The molecule has 0 radical (unpaired) electrons. The lowest BCUT2D eigenvalue weighted by Crippen LogP contribution is -2.29. The number of carbonyl (C=O) groups is 1. The van der Waals surface area contributed by atoms with Gasteiger partial charge in [0.05, 0.1) is 24.2 Å². The van der Waals surface area contributed by atoms with E-state index in [0.717, 1.165) is 12.2 Å². The van der Waals surface area contributed by atoms with Crippen LogP contribution in [0.25, 0.3) is 11.0 Å². The summed E-state index contributed by atoms with van der Waals surface area (Å²) >= 11 is 0. The molecule has 0 saturated heterocycles. The van der Waals surface area contributed by atoms with Crippen LogP contribution in [0.15, 0.2) is 41.8 Å². The number of aromatic nitrogens is 3. The molecule has 0 unspecified atom stereocenters. The summed E-state index contributed by atoms with van der Waals surface area (Å²) in [5.41, 5.74) is 1.76. The summed E-state index contributed by atoms with van der Waals surface area (Å²) in [6, 6.07) is 6.89. The highest BCUT2D eigenvalue weighted by Crippen LogP contribution is 2.38. The molecule has 1 amide bonds. The van der Waals surface area contributed by atoms with Crippen LogP contribution in [0.5, 0.6) is 5.75 Å². The Morgan fingerprint density at radius 2 is 2.00 bits per heavy atom. The fourth-order valence-electron chi connectivity index (χ4n) is 3.41. The highest BCUT2D eigenvalue weighted by molar-refractivity contribution is 6.02. The summed E-state index contributed by atoms with van der Waals surface area (Å²) < 4.78 is 6.90. The van der Waals surface area contributed by atoms with Gasteiger partial charge in [-0.3, -0.25) is 14.2 Å². The van der Waals surface area contributed by atoms with Crippen LogP contribution in [-0.4, -0.2) is 66.7 Å². The van der Waals surface area contributed by atoms with Crippen molar-refractivity contribution >= 4 is 40.0 Å². The normalized spacial score (nSPS) is 10.7. The Morgan fingerprint density at radius 3 is 2.63 bits per heavy atom. The summed E-state index contributed by atoms with van der Waals surface area (Å²) in [7, 11) is 8.99. The average molecular weight is 477 g/mol. The maximum atomic E-state index is 12.3. The molecule has 0 aliphatic rings. The van der Waals surface area contributed by atoms with Crippen molar-refractivity contribution in [1.82, 2.24) is 19.4 Å². The Morgan fingerprint density at radius 1 is 1.26 bits per heavy atom. The van der Waals surface area contributed by atoms with Crippen molar-refractivity contribution in [2.45, 2.75) is 0 Å². The first-order valence-corrected chi connectivity index (χ1v) is 10.7. The van der Waals surface area contributed by atoms with Crippen molar-refractivity contribution in [2.24, 2.45) is 7.05 Å².